The van der Waals surface area contributed by atoms with E-state index < -0.39 is 29.5 Å². The van der Waals surface area contributed by atoms with Gasteiger partial charge in [0.1, 0.15) is 18.2 Å². The van der Waals surface area contributed by atoms with E-state index >= 15 is 0 Å². The number of amides is 2. The Kier molecular flexibility index (Phi) is 5.58. The molecular formula is C22H14BrClF2N2O2. The van der Waals surface area contributed by atoms with E-state index in [0.717, 1.165) is 0 Å². The molecule has 152 valence electrons. The predicted octanol–water partition coefficient (Wildman–Crippen LogP) is 5.56. The quantitative estimate of drug-likeness (QED) is 0.510. The molecule has 4 rings (SSSR count). The molecule has 3 aromatic rings. The number of nitrogens with zero attached hydrogens (tertiary/aromatic N) is 1. The first-order chi connectivity index (χ1) is 14.3. The lowest BCUT2D eigenvalue weighted by molar-refractivity contribution is -0.117. The van der Waals surface area contributed by atoms with Gasteiger partial charge >= 0.3 is 0 Å². The van der Waals surface area contributed by atoms with Gasteiger partial charge in [-0.1, -0.05) is 39.7 Å². The second-order valence-electron chi connectivity index (χ2n) is 6.79. The van der Waals surface area contributed by atoms with Crippen LogP contribution in [-0.4, -0.2) is 23.3 Å². The third kappa shape index (κ3) is 3.95. The Bertz CT molecular complexity index is 1150. The molecule has 0 radical (unpaired) electrons. The summed E-state index contributed by atoms with van der Waals surface area (Å²) in [4.78, 5) is 27.4. The number of anilines is 1. The molecule has 0 aliphatic carbocycles. The van der Waals surface area contributed by atoms with Gasteiger partial charge in [-0.15, -0.1) is 0 Å². The molecule has 1 aliphatic heterocycles. The van der Waals surface area contributed by atoms with Crippen molar-refractivity contribution < 1.29 is 18.4 Å². The highest BCUT2D eigenvalue weighted by molar-refractivity contribution is 9.10. The van der Waals surface area contributed by atoms with Crippen molar-refractivity contribution in [1.29, 1.82) is 0 Å². The van der Waals surface area contributed by atoms with Crippen LogP contribution in [0.2, 0.25) is 5.02 Å². The number of hydrogen-bond donors (Lipinski definition) is 1. The van der Waals surface area contributed by atoms with Gasteiger partial charge in [-0.3, -0.25) is 9.59 Å². The largest absolute Gasteiger partial charge is 0.324 e. The first-order valence-corrected chi connectivity index (χ1v) is 10.1. The van der Waals surface area contributed by atoms with E-state index in [1.807, 2.05) is 0 Å². The molecule has 1 unspecified atom stereocenters. The molecule has 0 aromatic heterocycles. The molecule has 0 spiro atoms. The highest BCUT2D eigenvalue weighted by Gasteiger charge is 2.35. The average molecular weight is 492 g/mol. The fourth-order valence-electron chi connectivity index (χ4n) is 3.49. The average Bonchev–Trinajstić information content (AvgIpc) is 2.85. The Balaban J connectivity index is 1.92. The van der Waals surface area contributed by atoms with Crippen molar-refractivity contribution in [1.82, 2.24) is 4.90 Å². The first kappa shape index (κ1) is 20.5. The van der Waals surface area contributed by atoms with Crippen LogP contribution < -0.4 is 5.32 Å². The maximum absolute atomic E-state index is 14.1. The molecule has 0 fully saturated rings. The van der Waals surface area contributed by atoms with E-state index in [2.05, 4.69) is 21.2 Å². The fraction of sp³-hybridized carbons (Fsp3) is 0.0909. The van der Waals surface area contributed by atoms with Gasteiger partial charge < -0.3 is 10.2 Å². The van der Waals surface area contributed by atoms with E-state index in [4.69, 9.17) is 11.6 Å². The molecule has 30 heavy (non-hydrogen) atoms. The van der Waals surface area contributed by atoms with Crippen LogP contribution in [0.4, 0.5) is 14.5 Å². The number of carbonyl (C=O) groups excluding carboxylic acids is 2. The lowest BCUT2D eigenvalue weighted by Gasteiger charge is -2.31. The summed E-state index contributed by atoms with van der Waals surface area (Å²) in [7, 11) is 0. The zero-order valence-corrected chi connectivity index (χ0v) is 17.7. The number of benzene rings is 3. The van der Waals surface area contributed by atoms with Gasteiger partial charge in [0, 0.05) is 15.7 Å². The zero-order valence-electron chi connectivity index (χ0n) is 15.3. The van der Waals surface area contributed by atoms with Gasteiger partial charge in [-0.25, -0.2) is 8.78 Å². The standard InChI is InChI=1S/C22H14BrClF2N2O2/c23-13-3-7-18(24)16(9-13)22(30)28-11-20(29)27-19-8-6-15(26)10-17(19)21(28)12-1-4-14(25)5-2-12/h1-10,21H,11H2,(H,27,29). The van der Waals surface area contributed by atoms with Gasteiger partial charge in [-0.05, 0) is 54.1 Å². The van der Waals surface area contributed by atoms with Crippen molar-refractivity contribution in [3.63, 3.8) is 0 Å². The van der Waals surface area contributed by atoms with Crippen LogP contribution in [0.25, 0.3) is 0 Å². The van der Waals surface area contributed by atoms with Crippen molar-refractivity contribution >= 4 is 45.0 Å². The summed E-state index contributed by atoms with van der Waals surface area (Å²) in [5, 5.41) is 2.92. The van der Waals surface area contributed by atoms with Crippen LogP contribution in [0.5, 0.6) is 0 Å². The van der Waals surface area contributed by atoms with Crippen LogP contribution in [0.15, 0.2) is 65.1 Å². The number of nitrogens with one attached hydrogen (secondary N) is 1. The van der Waals surface area contributed by atoms with E-state index in [1.54, 1.807) is 18.2 Å². The SMILES string of the molecule is O=C1CN(C(=O)c2cc(Br)ccc2Cl)C(c2ccc(F)cc2)c2cc(F)ccc2N1. The van der Waals surface area contributed by atoms with Crippen LogP contribution in [-0.2, 0) is 4.79 Å². The first-order valence-electron chi connectivity index (χ1n) is 8.94. The Labute approximate surface area is 184 Å². The monoisotopic (exact) mass is 490 g/mol. The minimum atomic E-state index is -0.835. The number of hydrogen-bond acceptors (Lipinski definition) is 2. The van der Waals surface area contributed by atoms with E-state index in [1.165, 1.54) is 47.4 Å². The fourth-order valence-corrected chi connectivity index (χ4v) is 4.05. The Hall–Kier alpha value is -2.77. The van der Waals surface area contributed by atoms with Gasteiger partial charge in [-0.2, -0.15) is 0 Å². The minimum Gasteiger partial charge on any atom is -0.324 e. The van der Waals surface area contributed by atoms with Gasteiger partial charge in [0.2, 0.25) is 5.91 Å². The van der Waals surface area contributed by atoms with Crippen LogP contribution in [0.1, 0.15) is 27.5 Å². The molecule has 1 heterocycles. The summed E-state index contributed by atoms with van der Waals surface area (Å²) in [5.74, 6) is -1.92. The molecule has 1 atom stereocenters. The van der Waals surface area contributed by atoms with Crippen LogP contribution in [0, 0.1) is 11.6 Å². The highest BCUT2D eigenvalue weighted by Crippen LogP contribution is 2.38. The molecule has 0 saturated heterocycles. The Morgan fingerprint density at radius 1 is 1.03 bits per heavy atom. The summed E-state index contributed by atoms with van der Waals surface area (Å²) in [6.07, 6.45) is 0. The minimum absolute atomic E-state index is 0.186. The second-order valence-corrected chi connectivity index (χ2v) is 8.11. The molecule has 4 nitrogen and oxygen atoms in total. The zero-order chi connectivity index (χ0) is 21.4. The molecule has 0 saturated carbocycles. The maximum atomic E-state index is 14.1. The molecule has 0 bridgehead atoms. The van der Waals surface area contributed by atoms with Gasteiger partial charge in [0.25, 0.3) is 5.91 Å². The third-order valence-electron chi connectivity index (χ3n) is 4.81. The van der Waals surface area contributed by atoms with Crippen LogP contribution >= 0.6 is 27.5 Å². The van der Waals surface area contributed by atoms with E-state index in [0.29, 0.717) is 21.3 Å². The highest BCUT2D eigenvalue weighted by atomic mass is 79.9. The summed E-state index contributed by atoms with van der Waals surface area (Å²) in [6, 6.07) is 13.4. The number of carbonyl (C=O) groups is 2. The van der Waals surface area contributed by atoms with Crippen molar-refractivity contribution in [2.24, 2.45) is 0 Å². The van der Waals surface area contributed by atoms with Crippen molar-refractivity contribution in [3.8, 4) is 0 Å². The van der Waals surface area contributed by atoms with E-state index in [9.17, 15) is 18.4 Å². The molecule has 8 heteroatoms. The number of rotatable bonds is 2. The lowest BCUT2D eigenvalue weighted by atomic mass is 9.95. The number of fused-ring (bicyclic) bond motifs is 1. The molecule has 3 aromatic carbocycles. The summed E-state index contributed by atoms with van der Waals surface area (Å²) >= 11 is 9.57. The Morgan fingerprint density at radius 3 is 2.47 bits per heavy atom. The summed E-state index contributed by atoms with van der Waals surface area (Å²) in [6.45, 7) is -0.292. The Morgan fingerprint density at radius 2 is 1.73 bits per heavy atom. The lowest BCUT2D eigenvalue weighted by Crippen LogP contribution is -2.39. The molecule has 1 N–H and O–H groups in total. The molecule has 2 amide bonds. The van der Waals surface area contributed by atoms with Crippen molar-refractivity contribution in [3.05, 3.63) is 98.5 Å². The normalized spacial score (nSPS) is 15.9. The van der Waals surface area contributed by atoms with E-state index in [-0.39, 0.29) is 17.1 Å². The number of halogens is 4. The van der Waals surface area contributed by atoms with Crippen molar-refractivity contribution in [2.45, 2.75) is 6.04 Å². The summed E-state index contributed by atoms with van der Waals surface area (Å²) < 4.78 is 28.3. The maximum Gasteiger partial charge on any atom is 0.256 e. The smallest absolute Gasteiger partial charge is 0.256 e. The topological polar surface area (TPSA) is 49.4 Å². The molecular weight excluding hydrogens is 478 g/mol. The predicted molar refractivity (Wildman–Crippen MR) is 113 cm³/mol. The molecule has 1 aliphatic rings. The van der Waals surface area contributed by atoms with Crippen molar-refractivity contribution in [2.75, 3.05) is 11.9 Å². The van der Waals surface area contributed by atoms with Crippen LogP contribution in [0.3, 0.4) is 0 Å². The second kappa shape index (κ2) is 8.16. The van der Waals surface area contributed by atoms with Gasteiger partial charge in [0.15, 0.2) is 0 Å². The third-order valence-corrected chi connectivity index (χ3v) is 5.64. The van der Waals surface area contributed by atoms with Gasteiger partial charge in [0.05, 0.1) is 16.6 Å². The summed E-state index contributed by atoms with van der Waals surface area (Å²) in [5.41, 5.74) is 1.48.